The molecular formula is C12H12Cl2N2O. The van der Waals surface area contributed by atoms with Crippen LogP contribution in [-0.4, -0.2) is 5.16 Å². The molecule has 90 valence electrons. The highest BCUT2D eigenvalue weighted by Crippen LogP contribution is 2.30. The Kier molecular flexibility index (Phi) is 3.72. The van der Waals surface area contributed by atoms with E-state index in [2.05, 4.69) is 5.16 Å². The molecule has 1 aromatic heterocycles. The summed E-state index contributed by atoms with van der Waals surface area (Å²) >= 11 is 11.9. The molecule has 0 aliphatic rings. The van der Waals surface area contributed by atoms with Crippen LogP contribution in [0.1, 0.15) is 25.1 Å². The fourth-order valence-electron chi connectivity index (χ4n) is 1.49. The Morgan fingerprint density at radius 2 is 2.12 bits per heavy atom. The van der Waals surface area contributed by atoms with Gasteiger partial charge in [0.05, 0.1) is 11.1 Å². The van der Waals surface area contributed by atoms with Gasteiger partial charge in [0.15, 0.2) is 5.76 Å². The first kappa shape index (κ1) is 12.4. The van der Waals surface area contributed by atoms with Gasteiger partial charge in [0, 0.05) is 16.7 Å². The van der Waals surface area contributed by atoms with Crippen molar-refractivity contribution in [2.24, 2.45) is 5.73 Å². The molecular weight excluding hydrogens is 259 g/mol. The Morgan fingerprint density at radius 3 is 2.76 bits per heavy atom. The number of hydrogen-bond donors (Lipinski definition) is 1. The van der Waals surface area contributed by atoms with Crippen LogP contribution in [0, 0.1) is 0 Å². The van der Waals surface area contributed by atoms with Gasteiger partial charge in [0.1, 0.15) is 5.69 Å². The van der Waals surface area contributed by atoms with Crippen molar-refractivity contribution >= 4 is 23.2 Å². The van der Waals surface area contributed by atoms with Crippen LogP contribution < -0.4 is 5.73 Å². The molecule has 3 nitrogen and oxygen atoms in total. The van der Waals surface area contributed by atoms with Crippen LogP contribution in [0.2, 0.25) is 10.0 Å². The summed E-state index contributed by atoms with van der Waals surface area (Å²) < 4.78 is 5.19. The van der Waals surface area contributed by atoms with Crippen LogP contribution in [0.4, 0.5) is 0 Å². The second-order valence-corrected chi connectivity index (χ2v) is 4.60. The predicted octanol–water partition coefficient (Wildman–Crippen LogP) is 4.06. The minimum atomic E-state index is -0.137. The number of aromatic nitrogens is 1. The van der Waals surface area contributed by atoms with E-state index in [4.69, 9.17) is 33.5 Å². The predicted molar refractivity (Wildman–Crippen MR) is 69.2 cm³/mol. The Balaban J connectivity index is 2.37. The molecule has 1 heterocycles. The van der Waals surface area contributed by atoms with Crippen molar-refractivity contribution in [3.8, 4) is 11.3 Å². The lowest BCUT2D eigenvalue weighted by Crippen LogP contribution is -2.06. The number of nitrogens with zero attached hydrogens (tertiary/aromatic N) is 1. The summed E-state index contributed by atoms with van der Waals surface area (Å²) in [6.07, 6.45) is 0.795. The van der Waals surface area contributed by atoms with Crippen molar-refractivity contribution in [2.45, 2.75) is 19.4 Å². The highest BCUT2D eigenvalue weighted by molar-refractivity contribution is 6.36. The summed E-state index contributed by atoms with van der Waals surface area (Å²) in [7, 11) is 0. The molecule has 0 saturated carbocycles. The molecule has 1 atom stereocenters. The third-order valence-electron chi connectivity index (χ3n) is 2.54. The monoisotopic (exact) mass is 270 g/mol. The van der Waals surface area contributed by atoms with E-state index in [-0.39, 0.29) is 6.04 Å². The summed E-state index contributed by atoms with van der Waals surface area (Å²) in [5, 5.41) is 5.10. The molecule has 0 bridgehead atoms. The van der Waals surface area contributed by atoms with E-state index in [1.807, 2.05) is 19.1 Å². The van der Waals surface area contributed by atoms with Crippen molar-refractivity contribution in [2.75, 3.05) is 0 Å². The number of nitrogens with two attached hydrogens (primary N) is 1. The molecule has 0 saturated heterocycles. The van der Waals surface area contributed by atoms with Crippen LogP contribution in [0.25, 0.3) is 11.3 Å². The smallest absolute Gasteiger partial charge is 0.154 e. The van der Waals surface area contributed by atoms with E-state index in [0.29, 0.717) is 21.5 Å². The third-order valence-corrected chi connectivity index (χ3v) is 3.09. The maximum Gasteiger partial charge on any atom is 0.154 e. The molecule has 1 aromatic carbocycles. The molecule has 5 heteroatoms. The lowest BCUT2D eigenvalue weighted by Gasteiger charge is -2.01. The maximum absolute atomic E-state index is 6.09. The topological polar surface area (TPSA) is 52.0 Å². The molecule has 0 radical (unpaired) electrons. The summed E-state index contributed by atoms with van der Waals surface area (Å²) in [6, 6.07) is 6.92. The fourth-order valence-corrected chi connectivity index (χ4v) is 1.99. The van der Waals surface area contributed by atoms with E-state index in [9.17, 15) is 0 Å². The van der Waals surface area contributed by atoms with Gasteiger partial charge in [-0.1, -0.05) is 35.3 Å². The summed E-state index contributed by atoms with van der Waals surface area (Å²) in [6.45, 7) is 1.99. The average Bonchev–Trinajstić information content (AvgIpc) is 2.77. The van der Waals surface area contributed by atoms with Crippen LogP contribution in [0.15, 0.2) is 28.8 Å². The van der Waals surface area contributed by atoms with Gasteiger partial charge in [-0.05, 0) is 24.6 Å². The summed E-state index contributed by atoms with van der Waals surface area (Å²) in [5.74, 6) is 0.661. The molecule has 0 amide bonds. The number of rotatable bonds is 3. The zero-order chi connectivity index (χ0) is 12.4. The molecule has 2 aromatic rings. The van der Waals surface area contributed by atoms with E-state index >= 15 is 0 Å². The Labute approximate surface area is 109 Å². The molecule has 2 N–H and O–H groups in total. The number of halogens is 2. The zero-order valence-electron chi connectivity index (χ0n) is 9.28. The molecule has 0 spiro atoms. The highest BCUT2D eigenvalue weighted by atomic mass is 35.5. The molecule has 17 heavy (non-hydrogen) atoms. The van der Waals surface area contributed by atoms with E-state index < -0.39 is 0 Å². The van der Waals surface area contributed by atoms with Crippen molar-refractivity contribution in [3.63, 3.8) is 0 Å². The van der Waals surface area contributed by atoms with Gasteiger partial charge in [0.2, 0.25) is 0 Å². The normalized spacial score (nSPS) is 12.7. The molecule has 1 unspecified atom stereocenters. The largest absolute Gasteiger partial charge is 0.359 e. The Bertz CT molecular complexity index is 525. The first-order chi connectivity index (χ1) is 8.11. The van der Waals surface area contributed by atoms with E-state index in [1.54, 1.807) is 12.1 Å². The lowest BCUT2D eigenvalue weighted by molar-refractivity contribution is 0.360. The standard InChI is InChI=1S/C12H12Cl2N2O/c1-2-10(15)12-6-11(16-17-12)8-4-3-7(13)5-9(8)14/h3-6,10H,2,15H2,1H3. The van der Waals surface area contributed by atoms with Crippen molar-refractivity contribution in [1.82, 2.24) is 5.16 Å². The minimum Gasteiger partial charge on any atom is -0.359 e. The highest BCUT2D eigenvalue weighted by Gasteiger charge is 2.13. The maximum atomic E-state index is 6.09. The van der Waals surface area contributed by atoms with E-state index in [0.717, 1.165) is 12.0 Å². The van der Waals surface area contributed by atoms with E-state index in [1.165, 1.54) is 0 Å². The van der Waals surface area contributed by atoms with Gasteiger partial charge in [-0.3, -0.25) is 0 Å². The van der Waals surface area contributed by atoms with Crippen LogP contribution in [0.3, 0.4) is 0 Å². The number of benzene rings is 1. The van der Waals surface area contributed by atoms with Gasteiger partial charge in [0.25, 0.3) is 0 Å². The second-order valence-electron chi connectivity index (χ2n) is 3.75. The summed E-state index contributed by atoms with van der Waals surface area (Å²) in [5.41, 5.74) is 7.32. The minimum absolute atomic E-state index is 0.137. The van der Waals surface area contributed by atoms with Gasteiger partial charge in [-0.15, -0.1) is 0 Å². The van der Waals surface area contributed by atoms with Crippen LogP contribution in [-0.2, 0) is 0 Å². The van der Waals surface area contributed by atoms with Crippen molar-refractivity contribution < 1.29 is 4.52 Å². The second kappa shape index (κ2) is 5.08. The molecule has 0 fully saturated rings. The number of hydrogen-bond acceptors (Lipinski definition) is 3. The third kappa shape index (κ3) is 2.63. The average molecular weight is 271 g/mol. The van der Waals surface area contributed by atoms with Crippen molar-refractivity contribution in [1.29, 1.82) is 0 Å². The molecule has 2 rings (SSSR count). The zero-order valence-corrected chi connectivity index (χ0v) is 10.8. The van der Waals surface area contributed by atoms with Gasteiger partial charge >= 0.3 is 0 Å². The molecule has 0 aliphatic heterocycles. The van der Waals surface area contributed by atoms with Gasteiger partial charge in [-0.25, -0.2) is 0 Å². The van der Waals surface area contributed by atoms with Crippen LogP contribution in [0.5, 0.6) is 0 Å². The first-order valence-electron chi connectivity index (χ1n) is 5.29. The Morgan fingerprint density at radius 1 is 1.35 bits per heavy atom. The SMILES string of the molecule is CCC(N)c1cc(-c2ccc(Cl)cc2Cl)no1. The Hall–Kier alpha value is -1.03. The molecule has 0 aliphatic carbocycles. The van der Waals surface area contributed by atoms with Crippen LogP contribution >= 0.6 is 23.2 Å². The van der Waals surface area contributed by atoms with Crippen molar-refractivity contribution in [3.05, 3.63) is 40.1 Å². The quantitative estimate of drug-likeness (QED) is 0.915. The fraction of sp³-hybridized carbons (Fsp3) is 0.250. The summed E-state index contributed by atoms with van der Waals surface area (Å²) in [4.78, 5) is 0. The lowest BCUT2D eigenvalue weighted by atomic mass is 10.1. The first-order valence-corrected chi connectivity index (χ1v) is 6.05. The van der Waals surface area contributed by atoms with Gasteiger partial charge < -0.3 is 10.3 Å². The van der Waals surface area contributed by atoms with Gasteiger partial charge in [-0.2, -0.15) is 0 Å².